The summed E-state index contributed by atoms with van der Waals surface area (Å²) < 4.78 is 6.59. The molecule has 0 aliphatic rings. The zero-order valence-electron chi connectivity index (χ0n) is 14.1. The smallest absolute Gasteiger partial charge is 0.263 e. The highest BCUT2D eigenvalue weighted by molar-refractivity contribution is 6.32. The van der Waals surface area contributed by atoms with Gasteiger partial charge in [0.25, 0.3) is 11.5 Å². The summed E-state index contributed by atoms with van der Waals surface area (Å²) in [6.45, 7) is 0.398. The number of hydrogen-bond donors (Lipinski definition) is 1. The third kappa shape index (κ3) is 3.95. The maximum atomic E-state index is 12.6. The first-order valence-corrected chi connectivity index (χ1v) is 8.34. The molecule has 0 unspecified atom stereocenters. The molecule has 1 N–H and O–H groups in total. The highest BCUT2D eigenvalue weighted by atomic mass is 35.5. The fourth-order valence-electron chi connectivity index (χ4n) is 2.56. The quantitative estimate of drug-likeness (QED) is 0.745. The maximum Gasteiger partial charge on any atom is 0.263 e. The number of halogens is 1. The number of methoxy groups -OCH3 is 1. The van der Waals surface area contributed by atoms with Gasteiger partial charge in [0.1, 0.15) is 11.3 Å². The summed E-state index contributed by atoms with van der Waals surface area (Å²) in [6.07, 6.45) is 1.66. The second-order valence-corrected chi connectivity index (χ2v) is 6.05. The molecule has 1 amide bonds. The van der Waals surface area contributed by atoms with Crippen LogP contribution in [-0.4, -0.2) is 17.6 Å². The van der Waals surface area contributed by atoms with E-state index in [-0.39, 0.29) is 11.1 Å². The van der Waals surface area contributed by atoms with Gasteiger partial charge in [-0.1, -0.05) is 41.9 Å². The molecule has 3 aromatic rings. The first-order chi connectivity index (χ1) is 12.6. The lowest BCUT2D eigenvalue weighted by atomic mass is 10.2. The van der Waals surface area contributed by atoms with Crippen molar-refractivity contribution in [2.45, 2.75) is 6.54 Å². The van der Waals surface area contributed by atoms with E-state index in [9.17, 15) is 9.59 Å². The first-order valence-electron chi connectivity index (χ1n) is 7.97. The van der Waals surface area contributed by atoms with E-state index in [4.69, 9.17) is 16.3 Å². The Labute approximate surface area is 155 Å². The molecule has 0 radical (unpaired) electrons. The van der Waals surface area contributed by atoms with Crippen LogP contribution in [0.2, 0.25) is 5.02 Å². The van der Waals surface area contributed by atoms with Gasteiger partial charge in [-0.25, -0.2) is 0 Å². The Hall–Kier alpha value is -3.05. The van der Waals surface area contributed by atoms with Crippen molar-refractivity contribution in [3.05, 3.63) is 93.4 Å². The van der Waals surface area contributed by atoms with Crippen LogP contribution in [0.5, 0.6) is 5.75 Å². The van der Waals surface area contributed by atoms with E-state index in [1.807, 2.05) is 30.3 Å². The lowest BCUT2D eigenvalue weighted by molar-refractivity contribution is 0.102. The third-order valence-corrected chi connectivity index (χ3v) is 4.17. The van der Waals surface area contributed by atoms with Gasteiger partial charge in [0.15, 0.2) is 0 Å². The minimum atomic E-state index is -0.487. The number of hydrogen-bond acceptors (Lipinski definition) is 3. The van der Waals surface area contributed by atoms with E-state index in [0.717, 1.165) is 5.56 Å². The van der Waals surface area contributed by atoms with Crippen molar-refractivity contribution in [1.29, 1.82) is 0 Å². The van der Waals surface area contributed by atoms with E-state index >= 15 is 0 Å². The molecule has 0 atom stereocenters. The number of anilines is 1. The average molecular weight is 369 g/mol. The van der Waals surface area contributed by atoms with Crippen LogP contribution in [0.25, 0.3) is 0 Å². The number of benzene rings is 2. The zero-order chi connectivity index (χ0) is 18.5. The van der Waals surface area contributed by atoms with Crippen LogP contribution in [0.1, 0.15) is 15.9 Å². The number of carbonyl (C=O) groups excluding carboxylic acids is 1. The summed E-state index contributed by atoms with van der Waals surface area (Å²) in [7, 11) is 1.51. The minimum absolute atomic E-state index is 0.0652. The number of aromatic nitrogens is 1. The fourth-order valence-corrected chi connectivity index (χ4v) is 2.81. The monoisotopic (exact) mass is 368 g/mol. The first kappa shape index (κ1) is 17.8. The van der Waals surface area contributed by atoms with Crippen molar-refractivity contribution in [2.75, 3.05) is 12.4 Å². The van der Waals surface area contributed by atoms with Crippen molar-refractivity contribution in [2.24, 2.45) is 0 Å². The number of nitrogens with one attached hydrogen (secondary N) is 1. The largest absolute Gasteiger partial charge is 0.495 e. The second kappa shape index (κ2) is 7.89. The van der Waals surface area contributed by atoms with Crippen LogP contribution in [0, 0.1) is 0 Å². The van der Waals surface area contributed by atoms with E-state index in [1.54, 1.807) is 30.5 Å². The van der Waals surface area contributed by atoms with Gasteiger partial charge in [0.05, 0.1) is 18.7 Å². The molecule has 2 aromatic carbocycles. The predicted molar refractivity (Wildman–Crippen MR) is 102 cm³/mol. The van der Waals surface area contributed by atoms with Crippen LogP contribution in [0.3, 0.4) is 0 Å². The van der Waals surface area contributed by atoms with Crippen LogP contribution in [0.4, 0.5) is 5.69 Å². The van der Waals surface area contributed by atoms with Crippen molar-refractivity contribution in [3.63, 3.8) is 0 Å². The van der Waals surface area contributed by atoms with Crippen molar-refractivity contribution in [3.8, 4) is 5.75 Å². The third-order valence-electron chi connectivity index (χ3n) is 3.87. The Balaban J connectivity index is 1.83. The van der Waals surface area contributed by atoms with E-state index < -0.39 is 5.91 Å². The number of carbonyl (C=O) groups is 1. The Bertz CT molecular complexity index is 984. The Kier molecular flexibility index (Phi) is 5.39. The minimum Gasteiger partial charge on any atom is -0.495 e. The molecule has 0 saturated carbocycles. The van der Waals surface area contributed by atoms with E-state index in [1.165, 1.54) is 17.7 Å². The molecule has 0 saturated heterocycles. The Morgan fingerprint density at radius 2 is 1.88 bits per heavy atom. The molecular formula is C20H17ClN2O3. The summed E-state index contributed by atoms with van der Waals surface area (Å²) in [5.41, 5.74) is 1.18. The van der Waals surface area contributed by atoms with Gasteiger partial charge >= 0.3 is 0 Å². The Morgan fingerprint density at radius 1 is 1.12 bits per heavy atom. The molecular weight excluding hydrogens is 352 g/mol. The second-order valence-electron chi connectivity index (χ2n) is 5.64. The topological polar surface area (TPSA) is 60.3 Å². The molecule has 26 heavy (non-hydrogen) atoms. The summed E-state index contributed by atoms with van der Waals surface area (Å²) in [6, 6.07) is 17.7. The van der Waals surface area contributed by atoms with Crippen molar-refractivity contribution in [1.82, 2.24) is 4.57 Å². The highest BCUT2D eigenvalue weighted by Gasteiger charge is 2.13. The van der Waals surface area contributed by atoms with E-state index in [2.05, 4.69) is 5.32 Å². The SMILES string of the molecule is COc1ccc(NC(=O)c2cccn(Cc3ccccc3)c2=O)cc1Cl. The summed E-state index contributed by atoms with van der Waals surface area (Å²) in [5, 5.41) is 3.06. The lowest BCUT2D eigenvalue weighted by Gasteiger charge is -2.10. The molecule has 6 heteroatoms. The number of rotatable bonds is 5. The predicted octanol–water partition coefficient (Wildman–Crippen LogP) is 3.81. The molecule has 0 bridgehead atoms. The van der Waals surface area contributed by atoms with Gasteiger partial charge in [0.2, 0.25) is 0 Å². The van der Waals surface area contributed by atoms with Crippen LogP contribution >= 0.6 is 11.6 Å². The molecule has 5 nitrogen and oxygen atoms in total. The van der Waals surface area contributed by atoms with Gasteiger partial charge in [-0.15, -0.1) is 0 Å². The van der Waals surface area contributed by atoms with Crippen LogP contribution in [-0.2, 0) is 6.54 Å². The van der Waals surface area contributed by atoms with Gasteiger partial charge in [-0.05, 0) is 35.9 Å². The average Bonchev–Trinajstić information content (AvgIpc) is 2.64. The number of amides is 1. The molecule has 3 rings (SSSR count). The lowest BCUT2D eigenvalue weighted by Crippen LogP contribution is -2.29. The maximum absolute atomic E-state index is 12.6. The number of ether oxygens (including phenoxy) is 1. The summed E-state index contributed by atoms with van der Waals surface area (Å²) >= 11 is 6.06. The molecule has 0 aliphatic carbocycles. The Morgan fingerprint density at radius 3 is 2.58 bits per heavy atom. The van der Waals surface area contributed by atoms with Gasteiger partial charge < -0.3 is 14.6 Å². The van der Waals surface area contributed by atoms with Crippen molar-refractivity contribution < 1.29 is 9.53 Å². The molecule has 0 fully saturated rings. The van der Waals surface area contributed by atoms with Crippen molar-refractivity contribution >= 4 is 23.2 Å². The molecule has 0 aliphatic heterocycles. The molecule has 0 spiro atoms. The summed E-state index contributed by atoms with van der Waals surface area (Å²) in [4.78, 5) is 25.1. The zero-order valence-corrected chi connectivity index (χ0v) is 14.9. The molecule has 1 aromatic heterocycles. The standard InChI is InChI=1S/C20H17ClN2O3/c1-26-18-10-9-15(12-17(18)21)22-19(24)16-8-5-11-23(20(16)25)13-14-6-3-2-4-7-14/h2-12H,13H2,1H3,(H,22,24). The van der Waals surface area contributed by atoms with Crippen LogP contribution < -0.4 is 15.6 Å². The summed E-state index contributed by atoms with van der Waals surface area (Å²) in [5.74, 6) is 0.0215. The van der Waals surface area contributed by atoms with Gasteiger partial charge in [0, 0.05) is 11.9 Å². The normalized spacial score (nSPS) is 10.4. The molecule has 132 valence electrons. The van der Waals surface area contributed by atoms with Gasteiger partial charge in [-0.3, -0.25) is 9.59 Å². The van der Waals surface area contributed by atoms with Crippen LogP contribution in [0.15, 0.2) is 71.7 Å². The number of nitrogens with zero attached hydrogens (tertiary/aromatic N) is 1. The molecule has 1 heterocycles. The van der Waals surface area contributed by atoms with Gasteiger partial charge in [-0.2, -0.15) is 0 Å². The fraction of sp³-hybridized carbons (Fsp3) is 0.100. The highest BCUT2D eigenvalue weighted by Crippen LogP contribution is 2.27. The van der Waals surface area contributed by atoms with E-state index in [0.29, 0.717) is 23.0 Å². The number of pyridine rings is 1.